The molecule has 1 saturated carbocycles. The van der Waals surface area contributed by atoms with Crippen LogP contribution in [0.25, 0.3) is 17.4 Å². The lowest BCUT2D eigenvalue weighted by molar-refractivity contribution is -0.132. The summed E-state index contributed by atoms with van der Waals surface area (Å²) in [6, 6.07) is 11.6. The summed E-state index contributed by atoms with van der Waals surface area (Å²) in [6.45, 7) is 0. The molecule has 0 radical (unpaired) electrons. The lowest BCUT2D eigenvalue weighted by Crippen LogP contribution is -2.58. The average molecular weight is 389 g/mol. The Bertz CT molecular complexity index is 1050. The fourth-order valence-corrected chi connectivity index (χ4v) is 3.85. The van der Waals surface area contributed by atoms with Crippen LogP contribution in [0.5, 0.6) is 0 Å². The maximum absolute atomic E-state index is 12.9. The molecule has 1 saturated heterocycles. The first kappa shape index (κ1) is 18.7. The highest BCUT2D eigenvalue weighted by molar-refractivity contribution is 6.31. The second-order valence-corrected chi connectivity index (χ2v) is 7.14. The molecule has 0 bridgehead atoms. The van der Waals surface area contributed by atoms with E-state index in [0.717, 1.165) is 32.1 Å². The van der Waals surface area contributed by atoms with Crippen LogP contribution in [0.1, 0.15) is 43.4 Å². The number of furan rings is 1. The van der Waals surface area contributed by atoms with Crippen LogP contribution in [-0.4, -0.2) is 28.8 Å². The van der Waals surface area contributed by atoms with Crippen molar-refractivity contribution in [3.05, 3.63) is 53.3 Å². The number of carbonyl (C=O) groups excluding carboxylic acids is 3. The summed E-state index contributed by atoms with van der Waals surface area (Å²) < 4.78 is 5.76. The van der Waals surface area contributed by atoms with Crippen molar-refractivity contribution in [2.75, 3.05) is 0 Å². The second-order valence-electron chi connectivity index (χ2n) is 7.14. The number of hydrogen-bond acceptors (Lipinski definition) is 5. The van der Waals surface area contributed by atoms with E-state index in [1.165, 1.54) is 11.0 Å². The van der Waals surface area contributed by atoms with E-state index in [2.05, 4.69) is 11.4 Å². The van der Waals surface area contributed by atoms with Gasteiger partial charge in [0.05, 0.1) is 11.6 Å². The van der Waals surface area contributed by atoms with Gasteiger partial charge in [-0.1, -0.05) is 31.4 Å². The quantitative estimate of drug-likeness (QED) is 0.638. The molecule has 1 aliphatic heterocycles. The standard InChI is InChI=1S/C22H19N3O4/c23-13-14-6-4-5-9-17(14)19-11-10-16(29-19)12-18-20(26)24-22(28)25(21(18)27)15-7-2-1-3-8-15/h4-6,9-12,15H,1-3,7-8H2,(H,24,26,28). The SMILES string of the molecule is N#Cc1ccccc1-c1ccc(C=C2C(=O)NC(=O)N(C3CCCCC3)C2=O)o1. The van der Waals surface area contributed by atoms with Gasteiger partial charge >= 0.3 is 6.03 Å². The zero-order valence-corrected chi connectivity index (χ0v) is 15.7. The Kier molecular flexibility index (Phi) is 5.00. The lowest BCUT2D eigenvalue weighted by Gasteiger charge is -2.35. The third-order valence-corrected chi connectivity index (χ3v) is 5.30. The molecular weight excluding hydrogens is 370 g/mol. The lowest BCUT2D eigenvalue weighted by atomic mass is 9.93. The van der Waals surface area contributed by atoms with E-state index in [9.17, 15) is 19.6 Å². The predicted molar refractivity (Wildman–Crippen MR) is 104 cm³/mol. The fraction of sp³-hybridized carbons (Fsp3) is 0.273. The Morgan fingerprint density at radius 2 is 1.83 bits per heavy atom. The molecule has 1 aliphatic carbocycles. The molecule has 0 atom stereocenters. The molecule has 7 heteroatoms. The van der Waals surface area contributed by atoms with Crippen molar-refractivity contribution in [3.8, 4) is 17.4 Å². The number of rotatable bonds is 3. The zero-order chi connectivity index (χ0) is 20.4. The van der Waals surface area contributed by atoms with Gasteiger partial charge in [0, 0.05) is 11.6 Å². The van der Waals surface area contributed by atoms with Crippen molar-refractivity contribution < 1.29 is 18.8 Å². The Morgan fingerprint density at radius 1 is 1.07 bits per heavy atom. The minimum atomic E-state index is -0.734. The highest BCUT2D eigenvalue weighted by Gasteiger charge is 2.40. The molecule has 0 spiro atoms. The number of nitriles is 1. The Balaban J connectivity index is 1.64. The van der Waals surface area contributed by atoms with Crippen LogP contribution in [0.2, 0.25) is 0 Å². The summed E-state index contributed by atoms with van der Waals surface area (Å²) >= 11 is 0. The number of carbonyl (C=O) groups is 3. The Morgan fingerprint density at radius 3 is 2.59 bits per heavy atom. The average Bonchev–Trinajstić information content (AvgIpc) is 3.20. The van der Waals surface area contributed by atoms with E-state index in [1.54, 1.807) is 36.4 Å². The van der Waals surface area contributed by atoms with Gasteiger partial charge in [-0.2, -0.15) is 5.26 Å². The highest BCUT2D eigenvalue weighted by Crippen LogP contribution is 2.29. The summed E-state index contributed by atoms with van der Waals surface area (Å²) in [5.74, 6) is -0.578. The van der Waals surface area contributed by atoms with E-state index in [1.807, 2.05) is 0 Å². The van der Waals surface area contributed by atoms with E-state index in [4.69, 9.17) is 4.42 Å². The van der Waals surface area contributed by atoms with E-state index in [-0.39, 0.29) is 11.6 Å². The maximum atomic E-state index is 12.9. The zero-order valence-electron chi connectivity index (χ0n) is 15.7. The monoisotopic (exact) mass is 389 g/mol. The number of hydrogen-bond donors (Lipinski definition) is 1. The first-order valence-corrected chi connectivity index (χ1v) is 9.58. The molecule has 1 N–H and O–H groups in total. The van der Waals surface area contributed by atoms with Gasteiger partial charge in [-0.15, -0.1) is 0 Å². The largest absolute Gasteiger partial charge is 0.457 e. The van der Waals surface area contributed by atoms with Crippen LogP contribution in [0.3, 0.4) is 0 Å². The first-order chi connectivity index (χ1) is 14.1. The molecule has 146 valence electrons. The van der Waals surface area contributed by atoms with Crippen molar-refractivity contribution in [1.82, 2.24) is 10.2 Å². The normalized spacial score (nSPS) is 19.3. The van der Waals surface area contributed by atoms with Crippen molar-refractivity contribution in [1.29, 1.82) is 5.26 Å². The van der Waals surface area contributed by atoms with E-state index in [0.29, 0.717) is 22.6 Å². The topological polar surface area (TPSA) is 103 Å². The third-order valence-electron chi connectivity index (χ3n) is 5.30. The molecule has 1 aromatic carbocycles. The minimum Gasteiger partial charge on any atom is -0.457 e. The van der Waals surface area contributed by atoms with Gasteiger partial charge in [0.2, 0.25) is 0 Å². The van der Waals surface area contributed by atoms with Gasteiger partial charge in [-0.3, -0.25) is 19.8 Å². The molecular formula is C22H19N3O4. The molecule has 4 amide bonds. The summed E-state index contributed by atoms with van der Waals surface area (Å²) in [7, 11) is 0. The third kappa shape index (κ3) is 3.57. The number of benzene rings is 1. The Hall–Kier alpha value is -3.66. The van der Waals surface area contributed by atoms with Crippen LogP contribution >= 0.6 is 0 Å². The molecule has 2 fully saturated rings. The van der Waals surface area contributed by atoms with Crippen molar-refractivity contribution in [2.24, 2.45) is 0 Å². The van der Waals surface area contributed by atoms with Crippen LogP contribution in [0.4, 0.5) is 4.79 Å². The molecule has 29 heavy (non-hydrogen) atoms. The van der Waals surface area contributed by atoms with Gasteiger partial charge in [0.1, 0.15) is 17.1 Å². The molecule has 2 aromatic rings. The highest BCUT2D eigenvalue weighted by atomic mass is 16.3. The van der Waals surface area contributed by atoms with Crippen molar-refractivity contribution in [2.45, 2.75) is 38.1 Å². The van der Waals surface area contributed by atoms with Crippen LogP contribution in [0, 0.1) is 11.3 Å². The van der Waals surface area contributed by atoms with Crippen LogP contribution in [-0.2, 0) is 9.59 Å². The minimum absolute atomic E-state index is 0.135. The summed E-state index contributed by atoms with van der Waals surface area (Å²) in [5, 5.41) is 11.5. The van der Waals surface area contributed by atoms with E-state index < -0.39 is 17.8 Å². The molecule has 4 rings (SSSR count). The Labute approximate surface area is 167 Å². The number of nitrogens with zero attached hydrogens (tertiary/aromatic N) is 2. The molecule has 1 aromatic heterocycles. The summed E-state index contributed by atoms with van der Waals surface area (Å²) in [4.78, 5) is 38.6. The molecule has 2 heterocycles. The van der Waals surface area contributed by atoms with Gasteiger partial charge in [-0.25, -0.2) is 4.79 Å². The van der Waals surface area contributed by atoms with Crippen LogP contribution < -0.4 is 5.32 Å². The number of urea groups is 1. The number of barbiturate groups is 1. The molecule has 0 unspecified atom stereocenters. The maximum Gasteiger partial charge on any atom is 0.331 e. The van der Waals surface area contributed by atoms with Crippen molar-refractivity contribution in [3.63, 3.8) is 0 Å². The smallest absolute Gasteiger partial charge is 0.331 e. The molecule has 7 nitrogen and oxygen atoms in total. The number of amides is 4. The van der Waals surface area contributed by atoms with Crippen LogP contribution in [0.15, 0.2) is 46.4 Å². The second kappa shape index (κ2) is 7.76. The van der Waals surface area contributed by atoms with Gasteiger partial charge in [-0.05, 0) is 43.2 Å². The molecule has 2 aliphatic rings. The first-order valence-electron chi connectivity index (χ1n) is 9.58. The van der Waals surface area contributed by atoms with Crippen molar-refractivity contribution >= 4 is 23.9 Å². The predicted octanol–water partition coefficient (Wildman–Crippen LogP) is 3.61. The van der Waals surface area contributed by atoms with Gasteiger partial charge in [0.15, 0.2) is 0 Å². The number of nitrogens with one attached hydrogen (secondary N) is 1. The summed E-state index contributed by atoms with van der Waals surface area (Å²) in [6.07, 6.45) is 5.83. The van der Waals surface area contributed by atoms with Gasteiger partial charge < -0.3 is 4.42 Å². The fourth-order valence-electron chi connectivity index (χ4n) is 3.85. The van der Waals surface area contributed by atoms with Gasteiger partial charge in [0.25, 0.3) is 11.8 Å². The number of imide groups is 2. The summed E-state index contributed by atoms with van der Waals surface area (Å²) in [5.41, 5.74) is 0.948. The van der Waals surface area contributed by atoms with E-state index >= 15 is 0 Å².